The molecule has 2 rings (SSSR count). The first-order valence-electron chi connectivity index (χ1n) is 20.0. The van der Waals surface area contributed by atoms with Crippen LogP contribution in [0.3, 0.4) is 0 Å². The van der Waals surface area contributed by atoms with Gasteiger partial charge in [-0.3, -0.25) is 36.1 Å². The molecule has 2 unspecified atom stereocenters. The number of hydrogen-bond donors (Lipinski definition) is 11. The molecule has 73 heavy (non-hydrogen) atoms. The minimum atomic E-state index is -6.15. The zero-order chi connectivity index (χ0) is 58.7. The molecule has 1 fully saturated rings. The molecule has 1 aliphatic rings. The number of phosphoric ester groups is 5. The van der Waals surface area contributed by atoms with Gasteiger partial charge in [-0.25, -0.2) is 27.4 Å². The zero-order valence-corrected chi connectivity index (χ0v) is 48.1. The molecule has 0 spiro atoms. The van der Waals surface area contributed by atoms with Gasteiger partial charge in [0, 0.05) is 6.20 Å². The number of aliphatic hydroxyl groups is 2. The number of nitrogen functional groups attached to an aromatic ring is 1. The van der Waals surface area contributed by atoms with Gasteiger partial charge in [-0.2, -0.15) is 4.98 Å². The highest BCUT2D eigenvalue weighted by Gasteiger charge is 2.45. The highest BCUT2D eigenvalue weighted by molar-refractivity contribution is 7.64. The van der Waals surface area contributed by atoms with Crippen LogP contribution in [0.15, 0.2) is 17.1 Å². The smallest absolute Gasteiger partial charge is 0.469 e. The maximum Gasteiger partial charge on any atom is 0.469 e. The minimum Gasteiger partial charge on any atom is -0.790 e. The maximum atomic E-state index is 11.8. The quantitative estimate of drug-likeness (QED) is 0.0340. The first-order chi connectivity index (χ1) is 31.9. The van der Waals surface area contributed by atoms with E-state index in [9.17, 15) is 66.5 Å². The average Bonchev–Trinajstić information content (AvgIpc) is 3.34. The Hall–Kier alpha value is -0.750. The second kappa shape index (κ2) is 31.1. The fourth-order valence-corrected chi connectivity index (χ4v) is 8.04. The highest BCUT2D eigenvalue weighted by Crippen LogP contribution is 2.60. The molecule has 37 nitrogen and oxygen atoms in total. The van der Waals surface area contributed by atoms with Crippen molar-refractivity contribution in [2.75, 3.05) is 150 Å². The molecule has 1 aromatic heterocycles. The largest absolute Gasteiger partial charge is 0.790 e. The van der Waals surface area contributed by atoms with Gasteiger partial charge >= 0.3 is 37.0 Å². The van der Waals surface area contributed by atoms with E-state index < -0.39 is 91.6 Å². The van der Waals surface area contributed by atoms with Crippen molar-refractivity contribution in [3.05, 3.63) is 22.7 Å². The molecule has 44 heteroatoms. The topological polar surface area (TPSA) is 549 Å². The molecule has 438 valence electrons. The second-order valence-corrected chi connectivity index (χ2v) is 27.9. The summed E-state index contributed by atoms with van der Waals surface area (Å²) >= 11 is 0. The van der Waals surface area contributed by atoms with Gasteiger partial charge in [0.05, 0.1) is 99.0 Å². The molecule has 1 saturated heterocycles. The third kappa shape index (κ3) is 50.5. The van der Waals surface area contributed by atoms with E-state index in [1.54, 1.807) is 0 Å². The Kier molecular flexibility index (Phi) is 32.6. The van der Waals surface area contributed by atoms with Crippen molar-refractivity contribution >= 4 is 60.6 Å². The zero-order valence-electron chi connectivity index (χ0n) is 41.9. The van der Waals surface area contributed by atoms with E-state index >= 15 is 0 Å². The number of rotatable bonds is 24. The van der Waals surface area contributed by atoms with Crippen molar-refractivity contribution in [2.24, 2.45) is 0 Å². The summed E-state index contributed by atoms with van der Waals surface area (Å²) in [5.74, 6) is -0.145. The number of phosphoric acid groups is 7. The number of nitrogens with zero attached hydrogens (tertiary/aromatic N) is 6. The summed E-state index contributed by atoms with van der Waals surface area (Å²) in [6.07, 6.45) is -5.66. The Morgan fingerprint density at radius 2 is 0.877 bits per heavy atom. The Balaban J connectivity index is -0.000000929. The minimum absolute atomic E-state index is 0.0772. The molecule has 2 heterocycles. The number of hydrogen-bond acceptors (Lipinski definition) is 24. The van der Waals surface area contributed by atoms with Crippen LogP contribution in [-0.4, -0.2) is 239 Å². The van der Waals surface area contributed by atoms with Crippen molar-refractivity contribution in [1.82, 2.24) is 9.55 Å². The number of anilines is 1. The molecule has 0 amide bonds. The van der Waals surface area contributed by atoms with Crippen molar-refractivity contribution in [3.8, 4) is 0 Å². The lowest BCUT2D eigenvalue weighted by molar-refractivity contribution is -0.870. The monoisotopic (exact) mass is 1220 g/mol. The lowest BCUT2D eigenvalue weighted by Gasteiger charge is -2.37. The van der Waals surface area contributed by atoms with E-state index in [0.717, 1.165) is 10.8 Å². The van der Waals surface area contributed by atoms with Crippen LogP contribution in [0.5, 0.6) is 0 Å². The summed E-state index contributed by atoms with van der Waals surface area (Å²) in [7, 11) is -12.1. The van der Waals surface area contributed by atoms with Gasteiger partial charge in [-0.15, -0.1) is 0 Å². The van der Waals surface area contributed by atoms with Crippen LogP contribution in [0.25, 0.3) is 0 Å². The Morgan fingerprint density at radius 3 is 1.14 bits per heavy atom. The normalized spacial score (nSPS) is 19.8. The molecule has 0 aliphatic carbocycles. The predicted molar refractivity (Wildman–Crippen MR) is 243 cm³/mol. The van der Waals surface area contributed by atoms with Crippen LogP contribution in [0, 0.1) is 0 Å². The molecule has 0 bridgehead atoms. The third-order valence-corrected chi connectivity index (χ3v) is 13.1. The molecule has 1 aliphatic heterocycles. The van der Waals surface area contributed by atoms with Crippen molar-refractivity contribution in [1.29, 1.82) is 0 Å². The van der Waals surface area contributed by atoms with Crippen molar-refractivity contribution in [3.63, 3.8) is 0 Å². The van der Waals surface area contributed by atoms with Crippen molar-refractivity contribution < 1.29 is 155 Å². The predicted octanol–water partition coefficient (Wildman–Crippen LogP) is -5.53. The summed E-state index contributed by atoms with van der Waals surface area (Å²) in [5, 5.41) is 19.9. The highest BCUT2D eigenvalue weighted by atomic mass is 31.3. The number of likely N-dealkylation sites (N-methyl/N-ethyl adjacent to an activating group) is 4. The molecule has 0 aromatic carbocycles. The van der Waals surface area contributed by atoms with Gasteiger partial charge in [-0.05, 0) is 6.07 Å². The van der Waals surface area contributed by atoms with E-state index in [1.165, 1.54) is 6.07 Å². The van der Waals surface area contributed by atoms with E-state index in [1.807, 2.05) is 84.6 Å². The van der Waals surface area contributed by atoms with E-state index in [0.29, 0.717) is 44.1 Å². The van der Waals surface area contributed by atoms with Crippen LogP contribution in [0.1, 0.15) is 6.23 Å². The van der Waals surface area contributed by atoms with Crippen LogP contribution in [0.4, 0.5) is 5.82 Å². The first kappa shape index (κ1) is 76.5. The number of aliphatic hydroxyl groups excluding tert-OH is 2. The fraction of sp³-hybridized carbons (Fsp3) is 0.862. The molecule has 1 aromatic rings. The molecular formula is C29H72N7O30P7. The lowest BCUT2D eigenvalue weighted by atomic mass is 10.1. The van der Waals surface area contributed by atoms with Crippen LogP contribution in [0.2, 0.25) is 0 Å². The summed E-state index contributed by atoms with van der Waals surface area (Å²) in [4.78, 5) is 125. The number of ether oxygens (including phenoxy) is 1. The number of quaternary nitrogens is 4. The molecular weight excluding hydrogens is 1140 g/mol. The van der Waals surface area contributed by atoms with E-state index in [2.05, 4.69) is 36.2 Å². The van der Waals surface area contributed by atoms with Gasteiger partial charge < -0.3 is 106 Å². The Labute approximate surface area is 420 Å². The fourth-order valence-electron chi connectivity index (χ4n) is 3.90. The molecule has 0 radical (unpaired) electrons. The lowest BCUT2D eigenvalue weighted by Crippen LogP contribution is -2.37. The number of aromatic nitrogens is 2. The van der Waals surface area contributed by atoms with Crippen molar-refractivity contribution in [2.45, 2.75) is 24.5 Å². The van der Waals surface area contributed by atoms with E-state index in [4.69, 9.17) is 49.6 Å². The molecule has 6 atom stereocenters. The summed E-state index contributed by atoms with van der Waals surface area (Å²) in [6, 6.07) is 1.17. The summed E-state index contributed by atoms with van der Waals surface area (Å²) in [6.45, 7) is 1.47. The average molecular weight is 1220 g/mol. The SMILES string of the molecule is C[N+](C)(C)CCOP(=O)(O)O.C[N+](C)(C)CCOP(=O)(O)O.C[N+](C)(C)CCOP(=O)(O)O.C[N+](C)(C)CCOP(=O)(O)O.Nc1ccn([C@@H]2O[C@H](COP(=O)([O-])OP(=O)([O-])OP(=O)([O-])[O-])[C@@H](O)[C@H]2O)c(=O)n1. The van der Waals surface area contributed by atoms with Crippen LogP contribution >= 0.6 is 54.8 Å². The van der Waals surface area contributed by atoms with Gasteiger partial charge in [0.15, 0.2) is 6.23 Å². The standard InChI is InChI=1S/C9H16N3O14P3.4C5H14NO4P/c10-5-1-2-12(9(15)11-5)8-7(14)6(13)4(24-8)3-23-28(19,20)26-29(21,22)25-27(16,17)18;4*1-6(2,3)4-5-10-11(7,8)9/h1-2,4,6-8,13-14H,3H2,(H,19,20)(H,21,22)(H2,10,11,15)(H2,16,17,18);4*4-5H2,1-3H3,(H-,7,8,9)/t4-,6-,7-,8-;;;;/m1..../s1. The first-order valence-corrected chi connectivity index (χ1v) is 30.5. The van der Waals surface area contributed by atoms with Gasteiger partial charge in [0.1, 0.15) is 76.7 Å². The Morgan fingerprint density at radius 1 is 0.562 bits per heavy atom. The van der Waals surface area contributed by atoms with Crippen LogP contribution in [-0.2, 0) is 67.9 Å². The van der Waals surface area contributed by atoms with Gasteiger partial charge in [-0.1, -0.05) is 0 Å². The molecule has 0 saturated carbocycles. The number of nitrogens with two attached hydrogens (primary N) is 1. The van der Waals surface area contributed by atoms with Crippen LogP contribution < -0.4 is 31.0 Å². The maximum absolute atomic E-state index is 11.8. The summed E-state index contributed by atoms with van der Waals surface area (Å²) in [5.41, 5.74) is 4.34. The van der Waals surface area contributed by atoms with Gasteiger partial charge in [0.2, 0.25) is 0 Å². The Bertz CT molecular complexity index is 2040. The third-order valence-electron chi connectivity index (χ3n) is 7.35. The second-order valence-electron chi connectivity index (χ2n) is 18.7. The van der Waals surface area contributed by atoms with Gasteiger partial charge in [0.25, 0.3) is 15.6 Å². The summed E-state index contributed by atoms with van der Waals surface area (Å²) < 4.78 is 109. The van der Waals surface area contributed by atoms with E-state index in [-0.39, 0.29) is 32.2 Å². The molecule has 12 N–H and O–H groups in total.